The fraction of sp³-hybridized carbons (Fsp3) is 0.333. The van der Waals surface area contributed by atoms with Crippen LogP contribution in [0.15, 0.2) is 110 Å². The van der Waals surface area contributed by atoms with Crippen molar-refractivity contribution in [1.29, 1.82) is 0 Å². The Balaban J connectivity index is 1.06. The van der Waals surface area contributed by atoms with Gasteiger partial charge in [0.1, 0.15) is 34.5 Å². The summed E-state index contributed by atoms with van der Waals surface area (Å²) in [5.41, 5.74) is 1.95. The van der Waals surface area contributed by atoms with Gasteiger partial charge in [0.05, 0.1) is 37.6 Å². The Morgan fingerprint density at radius 3 is 1.15 bits per heavy atom. The second-order valence-corrected chi connectivity index (χ2v) is 14.8. The van der Waals surface area contributed by atoms with Crippen molar-refractivity contribution in [2.24, 2.45) is 0 Å². The number of benzene rings is 4. The summed E-state index contributed by atoms with van der Waals surface area (Å²) in [5, 5.41) is 0. The van der Waals surface area contributed by atoms with Crippen LogP contribution in [-0.2, 0) is 28.7 Å². The first-order valence-corrected chi connectivity index (χ1v) is 21.5. The molecule has 14 heteroatoms. The van der Waals surface area contributed by atoms with E-state index in [0.717, 1.165) is 31.4 Å². The highest BCUT2D eigenvalue weighted by Crippen LogP contribution is 2.27. The first-order valence-electron chi connectivity index (χ1n) is 21.5. The third-order valence-corrected chi connectivity index (χ3v) is 9.54. The van der Waals surface area contributed by atoms with E-state index < -0.39 is 23.9 Å². The molecule has 4 rings (SSSR count). The Morgan fingerprint density at radius 1 is 0.431 bits per heavy atom. The molecule has 0 fully saturated rings. The number of ether oxygens (including phenoxy) is 8. The summed E-state index contributed by atoms with van der Waals surface area (Å²) in [6.07, 6.45) is 8.96. The van der Waals surface area contributed by atoms with Crippen LogP contribution in [-0.4, -0.2) is 62.2 Å². The lowest BCUT2D eigenvalue weighted by Crippen LogP contribution is -2.10. The van der Waals surface area contributed by atoms with Crippen molar-refractivity contribution < 1.29 is 66.7 Å². The minimum atomic E-state index is -0.537. The molecule has 0 unspecified atom stereocenters. The average Bonchev–Trinajstić information content (AvgIpc) is 3.30. The van der Waals surface area contributed by atoms with Crippen LogP contribution in [0.2, 0.25) is 0 Å². The standard InChI is InChI=1S/C51H56O14/c1-5-46(52)60-32-12-7-10-16-48(54)62-42-26-28-44(36(3)34-42)64-50(56)38-18-22-40(23-19-38)58-30-14-9-15-31-59-41-24-20-39(21-25-41)51(57)65-45-29-27-43(35-37(45)4)63-49(55)17-11-8-13-33-61-47(53)6-2/h5-6,18-29,34-35H,1-2,7-17,30-33H2,3-4H3. The summed E-state index contributed by atoms with van der Waals surface area (Å²) >= 11 is 0. The van der Waals surface area contributed by atoms with Crippen molar-refractivity contribution >= 4 is 35.8 Å². The van der Waals surface area contributed by atoms with Crippen LogP contribution < -0.4 is 28.4 Å². The molecule has 0 heterocycles. The van der Waals surface area contributed by atoms with E-state index in [0.29, 0.717) is 108 Å². The first kappa shape index (κ1) is 50.4. The molecule has 4 aromatic rings. The molecule has 4 aromatic carbocycles. The summed E-state index contributed by atoms with van der Waals surface area (Å²) in [7, 11) is 0. The number of hydrogen-bond acceptors (Lipinski definition) is 14. The van der Waals surface area contributed by atoms with Crippen molar-refractivity contribution in [2.45, 2.75) is 84.5 Å². The van der Waals surface area contributed by atoms with Crippen LogP contribution in [0.1, 0.15) is 102 Å². The molecule has 0 aliphatic carbocycles. The predicted octanol–water partition coefficient (Wildman–Crippen LogP) is 9.76. The van der Waals surface area contributed by atoms with E-state index in [4.69, 9.17) is 37.9 Å². The van der Waals surface area contributed by atoms with Crippen molar-refractivity contribution in [2.75, 3.05) is 26.4 Å². The van der Waals surface area contributed by atoms with Crippen LogP contribution in [0, 0.1) is 13.8 Å². The highest BCUT2D eigenvalue weighted by molar-refractivity contribution is 5.92. The normalized spacial score (nSPS) is 10.5. The minimum absolute atomic E-state index is 0.217. The van der Waals surface area contributed by atoms with E-state index in [9.17, 15) is 28.8 Å². The molecule has 0 bridgehead atoms. The molecule has 344 valence electrons. The van der Waals surface area contributed by atoms with Crippen molar-refractivity contribution in [1.82, 2.24) is 0 Å². The molecule has 0 aliphatic rings. The second kappa shape index (κ2) is 27.8. The zero-order valence-corrected chi connectivity index (χ0v) is 37.0. The zero-order valence-electron chi connectivity index (χ0n) is 37.0. The summed E-state index contributed by atoms with van der Waals surface area (Å²) in [6, 6.07) is 22.9. The fourth-order valence-corrected chi connectivity index (χ4v) is 5.98. The minimum Gasteiger partial charge on any atom is -0.494 e. The van der Waals surface area contributed by atoms with Crippen molar-refractivity contribution in [3.63, 3.8) is 0 Å². The van der Waals surface area contributed by atoms with Gasteiger partial charge in [0.2, 0.25) is 0 Å². The number of esters is 6. The maximum Gasteiger partial charge on any atom is 0.343 e. The largest absolute Gasteiger partial charge is 0.494 e. The van der Waals surface area contributed by atoms with Gasteiger partial charge in [0.25, 0.3) is 0 Å². The van der Waals surface area contributed by atoms with Gasteiger partial charge in [0, 0.05) is 25.0 Å². The Hall–Kier alpha value is -7.22. The molecular formula is C51H56O14. The molecule has 14 nitrogen and oxygen atoms in total. The second-order valence-electron chi connectivity index (χ2n) is 14.8. The molecule has 0 aliphatic heterocycles. The fourth-order valence-electron chi connectivity index (χ4n) is 5.98. The van der Waals surface area contributed by atoms with E-state index in [-0.39, 0.29) is 38.0 Å². The van der Waals surface area contributed by atoms with Crippen LogP contribution >= 0.6 is 0 Å². The molecule has 65 heavy (non-hydrogen) atoms. The zero-order chi connectivity index (χ0) is 46.8. The Bertz CT molecular complexity index is 2070. The van der Waals surface area contributed by atoms with E-state index in [1.54, 1.807) is 98.8 Å². The average molecular weight is 893 g/mol. The van der Waals surface area contributed by atoms with Gasteiger partial charge in [-0.3, -0.25) is 9.59 Å². The molecule has 0 spiro atoms. The van der Waals surface area contributed by atoms with E-state index in [1.165, 1.54) is 0 Å². The first-order chi connectivity index (χ1) is 31.4. The topological polar surface area (TPSA) is 176 Å². The molecular weight excluding hydrogens is 837 g/mol. The molecule has 0 amide bonds. The summed E-state index contributed by atoms with van der Waals surface area (Å²) in [5.74, 6) is -0.160. The van der Waals surface area contributed by atoms with Crippen LogP contribution in [0.25, 0.3) is 0 Å². The summed E-state index contributed by atoms with van der Waals surface area (Å²) in [6.45, 7) is 11.7. The molecule has 0 saturated heterocycles. The lowest BCUT2D eigenvalue weighted by Gasteiger charge is -2.11. The van der Waals surface area contributed by atoms with Gasteiger partial charge in [-0.2, -0.15) is 0 Å². The summed E-state index contributed by atoms with van der Waals surface area (Å²) < 4.78 is 43.5. The Morgan fingerprint density at radius 2 is 0.785 bits per heavy atom. The van der Waals surface area contributed by atoms with Crippen molar-refractivity contribution in [3.05, 3.63) is 132 Å². The maximum atomic E-state index is 12.8. The molecule has 0 aromatic heterocycles. The maximum absolute atomic E-state index is 12.8. The Kier molecular flexibility index (Phi) is 21.5. The van der Waals surface area contributed by atoms with Gasteiger partial charge in [-0.05, 0) is 168 Å². The molecule has 0 radical (unpaired) electrons. The highest BCUT2D eigenvalue weighted by Gasteiger charge is 2.15. The smallest absolute Gasteiger partial charge is 0.343 e. The van der Waals surface area contributed by atoms with E-state index in [1.807, 2.05) is 0 Å². The van der Waals surface area contributed by atoms with Gasteiger partial charge in [-0.25, -0.2) is 19.2 Å². The third kappa shape index (κ3) is 19.0. The number of carbonyl (C=O) groups is 6. The third-order valence-electron chi connectivity index (χ3n) is 9.54. The van der Waals surface area contributed by atoms with Gasteiger partial charge in [0.15, 0.2) is 0 Å². The van der Waals surface area contributed by atoms with E-state index >= 15 is 0 Å². The van der Waals surface area contributed by atoms with Crippen molar-refractivity contribution in [3.8, 4) is 34.5 Å². The molecule has 0 saturated carbocycles. The van der Waals surface area contributed by atoms with E-state index in [2.05, 4.69) is 13.2 Å². The summed E-state index contributed by atoms with van der Waals surface area (Å²) in [4.78, 5) is 72.3. The Labute approximate surface area is 379 Å². The van der Waals surface area contributed by atoms with Gasteiger partial charge in [-0.15, -0.1) is 0 Å². The number of aryl methyl sites for hydroxylation is 2. The number of unbranched alkanes of at least 4 members (excludes halogenated alkanes) is 6. The highest BCUT2D eigenvalue weighted by atomic mass is 16.6. The van der Waals surface area contributed by atoms with Gasteiger partial charge in [-0.1, -0.05) is 13.2 Å². The monoisotopic (exact) mass is 892 g/mol. The predicted molar refractivity (Wildman–Crippen MR) is 241 cm³/mol. The molecule has 0 atom stereocenters. The number of carbonyl (C=O) groups excluding carboxylic acids is 6. The quantitative estimate of drug-likeness (QED) is 0.0228. The lowest BCUT2D eigenvalue weighted by molar-refractivity contribution is -0.138. The van der Waals surface area contributed by atoms with Crippen LogP contribution in [0.4, 0.5) is 0 Å². The van der Waals surface area contributed by atoms with Gasteiger partial charge < -0.3 is 37.9 Å². The number of rotatable bonds is 28. The lowest BCUT2D eigenvalue weighted by atomic mass is 10.2. The van der Waals surface area contributed by atoms with Crippen LogP contribution in [0.5, 0.6) is 34.5 Å². The van der Waals surface area contributed by atoms with Crippen LogP contribution in [0.3, 0.4) is 0 Å². The number of hydrogen-bond donors (Lipinski definition) is 0. The SMILES string of the molecule is C=CC(=O)OCCCCCC(=O)Oc1ccc(OC(=O)c2ccc(OCCCCCOc3ccc(C(=O)Oc4ccc(OC(=O)CCCCCOC(=O)C=C)cc4C)cc3)cc2)c(C)c1. The van der Waals surface area contributed by atoms with Gasteiger partial charge >= 0.3 is 35.8 Å². The molecule has 0 N–H and O–H groups in total.